The zero-order chi connectivity index (χ0) is 12.6. The van der Waals surface area contributed by atoms with Crippen molar-refractivity contribution in [1.29, 1.82) is 0 Å². The number of aryl methyl sites for hydroxylation is 2. The number of fused-ring (bicyclic) bond motifs is 1. The van der Waals surface area contributed by atoms with Gasteiger partial charge in [0.15, 0.2) is 0 Å². The van der Waals surface area contributed by atoms with Crippen LogP contribution in [0.25, 0.3) is 0 Å². The third-order valence-electron chi connectivity index (χ3n) is 3.59. The highest BCUT2D eigenvalue weighted by molar-refractivity contribution is 5.37. The maximum absolute atomic E-state index is 5.82. The number of benzene rings is 1. The molecule has 1 aliphatic carbocycles. The average molecular weight is 247 g/mol. The molecule has 0 fully saturated rings. The van der Waals surface area contributed by atoms with Crippen molar-refractivity contribution in [3.8, 4) is 5.75 Å². The van der Waals surface area contributed by atoms with E-state index < -0.39 is 0 Å². The van der Waals surface area contributed by atoms with Crippen LogP contribution in [0.15, 0.2) is 18.2 Å². The molecule has 1 N–H and O–H groups in total. The van der Waals surface area contributed by atoms with E-state index in [1.807, 2.05) is 0 Å². The minimum Gasteiger partial charge on any atom is -0.494 e. The van der Waals surface area contributed by atoms with Crippen LogP contribution in [0.4, 0.5) is 0 Å². The molecule has 2 rings (SSSR count). The Labute approximate surface area is 111 Å². The first-order valence-electron chi connectivity index (χ1n) is 7.35. The van der Waals surface area contributed by atoms with Crippen molar-refractivity contribution in [3.05, 3.63) is 29.3 Å². The fourth-order valence-electron chi connectivity index (χ4n) is 2.52. The first kappa shape index (κ1) is 13.4. The Balaban J connectivity index is 1.72. The van der Waals surface area contributed by atoms with Crippen molar-refractivity contribution < 1.29 is 4.74 Å². The Morgan fingerprint density at radius 3 is 2.78 bits per heavy atom. The van der Waals surface area contributed by atoms with Crippen molar-refractivity contribution in [2.24, 2.45) is 0 Å². The molecule has 1 aliphatic rings. The molecule has 0 unspecified atom stereocenters. The summed E-state index contributed by atoms with van der Waals surface area (Å²) >= 11 is 0. The summed E-state index contributed by atoms with van der Waals surface area (Å²) in [4.78, 5) is 0. The van der Waals surface area contributed by atoms with E-state index in [0.717, 1.165) is 31.9 Å². The normalized spacial score (nSPS) is 14.3. The molecular formula is C16H25NO. The highest BCUT2D eigenvalue weighted by atomic mass is 16.5. The van der Waals surface area contributed by atoms with Crippen LogP contribution < -0.4 is 10.1 Å². The molecule has 0 saturated carbocycles. The fraction of sp³-hybridized carbons (Fsp3) is 0.625. The molecule has 0 aliphatic heterocycles. The van der Waals surface area contributed by atoms with E-state index in [1.54, 1.807) is 0 Å². The van der Waals surface area contributed by atoms with E-state index in [1.165, 1.54) is 43.2 Å². The molecule has 0 atom stereocenters. The lowest BCUT2D eigenvalue weighted by atomic mass is 9.92. The van der Waals surface area contributed by atoms with Gasteiger partial charge in [0.2, 0.25) is 0 Å². The molecule has 0 heterocycles. The molecule has 0 aromatic heterocycles. The smallest absolute Gasteiger partial charge is 0.119 e. The van der Waals surface area contributed by atoms with E-state index in [2.05, 4.69) is 30.4 Å². The van der Waals surface area contributed by atoms with E-state index in [0.29, 0.717) is 0 Å². The van der Waals surface area contributed by atoms with Gasteiger partial charge in [-0.1, -0.05) is 13.0 Å². The molecule has 0 saturated heterocycles. The first-order chi connectivity index (χ1) is 8.90. The SMILES string of the molecule is CCNCCCCOc1ccc2c(c1)CCCC2. The van der Waals surface area contributed by atoms with E-state index in [-0.39, 0.29) is 0 Å². The Hall–Kier alpha value is -1.02. The predicted octanol–water partition coefficient (Wildman–Crippen LogP) is 3.33. The topological polar surface area (TPSA) is 21.3 Å². The lowest BCUT2D eigenvalue weighted by Gasteiger charge is -2.16. The molecule has 2 heteroatoms. The van der Waals surface area contributed by atoms with Crippen LogP contribution in [-0.4, -0.2) is 19.7 Å². The number of hydrogen-bond donors (Lipinski definition) is 1. The summed E-state index contributed by atoms with van der Waals surface area (Å²) < 4.78 is 5.82. The van der Waals surface area contributed by atoms with Crippen molar-refractivity contribution in [1.82, 2.24) is 5.32 Å². The molecular weight excluding hydrogens is 222 g/mol. The summed E-state index contributed by atoms with van der Waals surface area (Å²) in [5, 5.41) is 3.33. The van der Waals surface area contributed by atoms with Gasteiger partial charge in [0.25, 0.3) is 0 Å². The van der Waals surface area contributed by atoms with Gasteiger partial charge in [-0.05, 0) is 74.9 Å². The Kier molecular flexibility index (Phi) is 5.53. The number of hydrogen-bond acceptors (Lipinski definition) is 2. The van der Waals surface area contributed by atoms with Gasteiger partial charge in [0.05, 0.1) is 6.61 Å². The van der Waals surface area contributed by atoms with Crippen LogP contribution in [0, 0.1) is 0 Å². The van der Waals surface area contributed by atoms with E-state index in [4.69, 9.17) is 4.74 Å². The predicted molar refractivity (Wildman–Crippen MR) is 76.4 cm³/mol. The molecule has 0 spiro atoms. The minimum absolute atomic E-state index is 0.837. The summed E-state index contributed by atoms with van der Waals surface area (Å²) in [6, 6.07) is 6.63. The Morgan fingerprint density at radius 2 is 1.94 bits per heavy atom. The maximum atomic E-state index is 5.82. The highest BCUT2D eigenvalue weighted by Gasteiger charge is 2.09. The van der Waals surface area contributed by atoms with Crippen LogP contribution >= 0.6 is 0 Å². The molecule has 100 valence electrons. The van der Waals surface area contributed by atoms with Crippen LogP contribution in [0.1, 0.15) is 43.7 Å². The molecule has 1 aromatic rings. The first-order valence-corrected chi connectivity index (χ1v) is 7.35. The molecule has 18 heavy (non-hydrogen) atoms. The van der Waals surface area contributed by atoms with Crippen molar-refractivity contribution >= 4 is 0 Å². The molecule has 0 amide bonds. The number of unbranched alkanes of at least 4 members (excludes halogenated alkanes) is 1. The Bertz CT molecular complexity index is 362. The summed E-state index contributed by atoms with van der Waals surface area (Å²) in [5.41, 5.74) is 3.03. The van der Waals surface area contributed by atoms with Crippen LogP contribution in [0.3, 0.4) is 0 Å². The van der Waals surface area contributed by atoms with Gasteiger partial charge in [-0.15, -0.1) is 0 Å². The zero-order valence-electron chi connectivity index (χ0n) is 11.5. The summed E-state index contributed by atoms with van der Waals surface area (Å²) in [7, 11) is 0. The van der Waals surface area contributed by atoms with Crippen LogP contribution in [0.5, 0.6) is 5.75 Å². The number of rotatable bonds is 7. The summed E-state index contributed by atoms with van der Waals surface area (Å²) in [6.07, 6.45) is 7.48. The van der Waals surface area contributed by atoms with Gasteiger partial charge in [0.1, 0.15) is 5.75 Å². The van der Waals surface area contributed by atoms with Crippen LogP contribution in [-0.2, 0) is 12.8 Å². The fourth-order valence-corrected chi connectivity index (χ4v) is 2.52. The van der Waals surface area contributed by atoms with E-state index >= 15 is 0 Å². The van der Waals surface area contributed by atoms with Gasteiger partial charge in [0, 0.05) is 0 Å². The molecule has 1 aromatic carbocycles. The Morgan fingerprint density at radius 1 is 1.11 bits per heavy atom. The molecule has 0 bridgehead atoms. The van der Waals surface area contributed by atoms with Crippen LogP contribution in [0.2, 0.25) is 0 Å². The summed E-state index contributed by atoms with van der Waals surface area (Å²) in [6.45, 7) is 5.14. The second-order valence-electron chi connectivity index (χ2n) is 5.05. The largest absolute Gasteiger partial charge is 0.494 e. The van der Waals surface area contributed by atoms with E-state index in [9.17, 15) is 0 Å². The van der Waals surface area contributed by atoms with Crippen molar-refractivity contribution in [2.75, 3.05) is 19.7 Å². The number of ether oxygens (including phenoxy) is 1. The zero-order valence-corrected chi connectivity index (χ0v) is 11.5. The van der Waals surface area contributed by atoms with Gasteiger partial charge >= 0.3 is 0 Å². The average Bonchev–Trinajstić information content (AvgIpc) is 2.42. The van der Waals surface area contributed by atoms with Gasteiger partial charge in [-0.25, -0.2) is 0 Å². The third kappa shape index (κ3) is 4.02. The van der Waals surface area contributed by atoms with Gasteiger partial charge < -0.3 is 10.1 Å². The second-order valence-corrected chi connectivity index (χ2v) is 5.05. The number of nitrogens with one attached hydrogen (secondary N) is 1. The molecule has 0 radical (unpaired) electrons. The van der Waals surface area contributed by atoms with Gasteiger partial charge in [-0.2, -0.15) is 0 Å². The van der Waals surface area contributed by atoms with Crippen molar-refractivity contribution in [2.45, 2.75) is 45.4 Å². The second kappa shape index (κ2) is 7.42. The minimum atomic E-state index is 0.837. The van der Waals surface area contributed by atoms with Crippen molar-refractivity contribution in [3.63, 3.8) is 0 Å². The quantitative estimate of drug-likeness (QED) is 0.746. The van der Waals surface area contributed by atoms with Gasteiger partial charge in [-0.3, -0.25) is 0 Å². The summed E-state index contributed by atoms with van der Waals surface area (Å²) in [5.74, 6) is 1.05. The maximum Gasteiger partial charge on any atom is 0.119 e. The monoisotopic (exact) mass is 247 g/mol. The lowest BCUT2D eigenvalue weighted by Crippen LogP contribution is -2.14. The molecule has 2 nitrogen and oxygen atoms in total. The lowest BCUT2D eigenvalue weighted by molar-refractivity contribution is 0.305. The standard InChI is InChI=1S/C16H25NO/c1-2-17-11-5-6-12-18-16-10-9-14-7-3-4-8-15(14)13-16/h9-10,13,17H,2-8,11-12H2,1H3. The highest BCUT2D eigenvalue weighted by Crippen LogP contribution is 2.25. The third-order valence-corrected chi connectivity index (χ3v) is 3.59.